The molecule has 1 aromatic heterocycles. The number of hydrogen-bond acceptors (Lipinski definition) is 3. The first kappa shape index (κ1) is 12.1. The molecule has 0 unspecified atom stereocenters. The van der Waals surface area contributed by atoms with Crippen LogP contribution in [0, 0.1) is 0 Å². The molecule has 0 fully saturated rings. The third-order valence-corrected chi connectivity index (χ3v) is 2.29. The van der Waals surface area contributed by atoms with E-state index >= 15 is 0 Å². The summed E-state index contributed by atoms with van der Waals surface area (Å²) in [7, 11) is 0. The number of carbonyl (C=O) groups excluding carboxylic acids is 1. The van der Waals surface area contributed by atoms with Crippen LogP contribution in [0.4, 0.5) is 0 Å². The molecule has 0 saturated carbocycles. The van der Waals surface area contributed by atoms with Crippen LogP contribution in [-0.2, 0) is 11.2 Å². The summed E-state index contributed by atoms with van der Waals surface area (Å²) < 4.78 is 0. The largest absolute Gasteiger partial charge is 0.308 e. The summed E-state index contributed by atoms with van der Waals surface area (Å²) in [5, 5.41) is 3.63. The van der Waals surface area contributed by atoms with Crippen LogP contribution >= 0.6 is 11.6 Å². The van der Waals surface area contributed by atoms with Gasteiger partial charge in [0.2, 0.25) is 0 Å². The third kappa shape index (κ3) is 4.40. The molecule has 0 aliphatic rings. The highest BCUT2D eigenvalue weighted by atomic mass is 35.5. The maximum Gasteiger partial charge on any atom is 0.151 e. The molecule has 0 saturated heterocycles. The Balaban J connectivity index is 2.48. The lowest BCUT2D eigenvalue weighted by molar-refractivity contribution is -0.117. The van der Waals surface area contributed by atoms with Gasteiger partial charge in [-0.05, 0) is 11.6 Å². The molecular formula is C11H15ClN2O. The summed E-state index contributed by atoms with van der Waals surface area (Å²) in [5.41, 5.74) is 0.835. The van der Waals surface area contributed by atoms with E-state index in [2.05, 4.69) is 10.3 Å². The molecule has 15 heavy (non-hydrogen) atoms. The monoisotopic (exact) mass is 226 g/mol. The molecule has 0 aliphatic carbocycles. The van der Waals surface area contributed by atoms with Gasteiger partial charge in [-0.3, -0.25) is 9.78 Å². The Hall–Kier alpha value is -0.930. The number of nitrogens with zero attached hydrogens (tertiary/aromatic N) is 1. The van der Waals surface area contributed by atoms with Crippen molar-refractivity contribution in [1.29, 1.82) is 0 Å². The van der Waals surface area contributed by atoms with Crippen molar-refractivity contribution in [2.45, 2.75) is 26.3 Å². The van der Waals surface area contributed by atoms with Gasteiger partial charge in [-0.15, -0.1) is 0 Å². The van der Waals surface area contributed by atoms with Crippen molar-refractivity contribution in [2.75, 3.05) is 6.54 Å². The molecule has 82 valence electrons. The second-order valence-corrected chi connectivity index (χ2v) is 4.13. The van der Waals surface area contributed by atoms with E-state index < -0.39 is 0 Å². The lowest BCUT2D eigenvalue weighted by Crippen LogP contribution is -2.30. The fraction of sp³-hybridized carbons (Fsp3) is 0.455. The third-order valence-electron chi connectivity index (χ3n) is 1.95. The Labute approximate surface area is 94.9 Å². The van der Waals surface area contributed by atoms with Crippen LogP contribution in [0.15, 0.2) is 18.5 Å². The molecule has 1 N–H and O–H groups in total. The maximum absolute atomic E-state index is 11.5. The zero-order chi connectivity index (χ0) is 11.3. The first-order valence-electron chi connectivity index (χ1n) is 4.93. The van der Waals surface area contributed by atoms with Gasteiger partial charge in [-0.1, -0.05) is 25.4 Å². The summed E-state index contributed by atoms with van der Waals surface area (Å²) in [6, 6.07) is 2.09. The predicted octanol–water partition coefficient (Wildman–Crippen LogP) is 1.84. The van der Waals surface area contributed by atoms with Crippen LogP contribution in [0.2, 0.25) is 5.02 Å². The van der Waals surface area contributed by atoms with Crippen molar-refractivity contribution in [3.63, 3.8) is 0 Å². The fourth-order valence-electron chi connectivity index (χ4n) is 1.14. The molecule has 0 aliphatic heterocycles. The van der Waals surface area contributed by atoms with Gasteiger partial charge in [0.05, 0.1) is 11.6 Å². The van der Waals surface area contributed by atoms with E-state index in [1.165, 1.54) is 0 Å². The predicted molar refractivity (Wildman–Crippen MR) is 61.1 cm³/mol. The van der Waals surface area contributed by atoms with Crippen LogP contribution in [0.5, 0.6) is 0 Å². The Bertz CT molecular complexity index is 339. The Kier molecular flexibility index (Phi) is 4.72. The van der Waals surface area contributed by atoms with Crippen molar-refractivity contribution in [2.24, 2.45) is 0 Å². The molecule has 0 amide bonds. The molecule has 0 aromatic carbocycles. The number of hydrogen-bond donors (Lipinski definition) is 1. The number of carbonyl (C=O) groups is 1. The number of ketones is 1. The molecule has 1 rings (SSSR count). The van der Waals surface area contributed by atoms with Crippen LogP contribution < -0.4 is 5.32 Å². The van der Waals surface area contributed by atoms with Crippen LogP contribution in [0.1, 0.15) is 19.4 Å². The lowest BCUT2D eigenvalue weighted by Gasteiger charge is -2.07. The molecule has 0 bridgehead atoms. The molecule has 0 radical (unpaired) electrons. The van der Waals surface area contributed by atoms with Gasteiger partial charge in [-0.25, -0.2) is 0 Å². The first-order chi connectivity index (χ1) is 7.09. The summed E-state index contributed by atoms with van der Waals surface area (Å²) in [6.45, 7) is 4.40. The van der Waals surface area contributed by atoms with Crippen molar-refractivity contribution >= 4 is 17.4 Å². The first-order valence-corrected chi connectivity index (χ1v) is 5.31. The molecule has 0 atom stereocenters. The van der Waals surface area contributed by atoms with Gasteiger partial charge in [0.25, 0.3) is 0 Å². The van der Waals surface area contributed by atoms with Gasteiger partial charge < -0.3 is 5.32 Å². The van der Waals surface area contributed by atoms with E-state index in [1.807, 2.05) is 13.8 Å². The number of halogens is 1. The molecule has 1 heterocycles. The summed E-state index contributed by atoms with van der Waals surface area (Å²) in [4.78, 5) is 15.4. The SMILES string of the molecule is CC(C)NCC(=O)Cc1ccncc1Cl. The lowest BCUT2D eigenvalue weighted by atomic mass is 10.1. The van der Waals surface area contributed by atoms with Crippen molar-refractivity contribution in [1.82, 2.24) is 10.3 Å². The van der Waals surface area contributed by atoms with E-state index in [9.17, 15) is 4.79 Å². The minimum Gasteiger partial charge on any atom is -0.308 e. The number of nitrogens with one attached hydrogen (secondary N) is 1. The smallest absolute Gasteiger partial charge is 0.151 e. The van der Waals surface area contributed by atoms with E-state index in [0.717, 1.165) is 5.56 Å². The van der Waals surface area contributed by atoms with Crippen LogP contribution in [0.3, 0.4) is 0 Å². The number of Topliss-reactive ketones (excluding diaryl/α,β-unsaturated/α-hetero) is 1. The summed E-state index contributed by atoms with van der Waals surface area (Å²) in [6.07, 6.45) is 3.56. The molecule has 4 heteroatoms. The fourth-order valence-corrected chi connectivity index (χ4v) is 1.33. The van der Waals surface area contributed by atoms with E-state index in [4.69, 9.17) is 11.6 Å². The highest BCUT2D eigenvalue weighted by Crippen LogP contribution is 2.13. The van der Waals surface area contributed by atoms with Crippen LogP contribution in [0.25, 0.3) is 0 Å². The molecular weight excluding hydrogens is 212 g/mol. The van der Waals surface area contributed by atoms with E-state index in [1.54, 1.807) is 18.5 Å². The number of rotatable bonds is 5. The normalized spacial score (nSPS) is 10.7. The van der Waals surface area contributed by atoms with Gasteiger partial charge >= 0.3 is 0 Å². The van der Waals surface area contributed by atoms with Crippen molar-refractivity contribution in [3.05, 3.63) is 29.0 Å². The number of pyridine rings is 1. The minimum atomic E-state index is 0.136. The van der Waals surface area contributed by atoms with Gasteiger partial charge in [0.1, 0.15) is 0 Å². The topological polar surface area (TPSA) is 42.0 Å². The Morgan fingerprint density at radius 3 is 2.93 bits per heavy atom. The summed E-state index contributed by atoms with van der Waals surface area (Å²) in [5.74, 6) is 0.136. The molecule has 3 nitrogen and oxygen atoms in total. The quantitative estimate of drug-likeness (QED) is 0.833. The second-order valence-electron chi connectivity index (χ2n) is 3.72. The van der Waals surface area contributed by atoms with Crippen molar-refractivity contribution in [3.8, 4) is 0 Å². The number of aromatic nitrogens is 1. The zero-order valence-corrected chi connectivity index (χ0v) is 9.71. The van der Waals surface area contributed by atoms with Crippen molar-refractivity contribution < 1.29 is 4.79 Å². The molecule has 1 aromatic rings. The second kappa shape index (κ2) is 5.83. The van der Waals surface area contributed by atoms with E-state index in [-0.39, 0.29) is 5.78 Å². The van der Waals surface area contributed by atoms with Gasteiger partial charge in [0, 0.05) is 24.9 Å². The van der Waals surface area contributed by atoms with E-state index in [0.29, 0.717) is 24.0 Å². The Morgan fingerprint density at radius 1 is 1.60 bits per heavy atom. The Morgan fingerprint density at radius 2 is 2.33 bits per heavy atom. The molecule has 0 spiro atoms. The maximum atomic E-state index is 11.5. The van der Waals surface area contributed by atoms with Gasteiger partial charge in [-0.2, -0.15) is 0 Å². The average molecular weight is 227 g/mol. The average Bonchev–Trinajstić information content (AvgIpc) is 2.18. The highest BCUT2D eigenvalue weighted by molar-refractivity contribution is 6.31. The summed E-state index contributed by atoms with van der Waals surface area (Å²) >= 11 is 5.90. The van der Waals surface area contributed by atoms with Crippen LogP contribution in [-0.4, -0.2) is 23.4 Å². The zero-order valence-electron chi connectivity index (χ0n) is 8.96. The standard InChI is InChI=1S/C11H15ClN2O/c1-8(2)14-6-10(15)5-9-3-4-13-7-11(9)12/h3-4,7-8,14H,5-6H2,1-2H3. The highest BCUT2D eigenvalue weighted by Gasteiger charge is 2.07. The minimum absolute atomic E-state index is 0.136. The van der Waals surface area contributed by atoms with Gasteiger partial charge in [0.15, 0.2) is 5.78 Å².